The molecule has 8 nitrogen and oxygen atoms in total. The molecule has 4 unspecified atom stereocenters. The zero-order valence-corrected chi connectivity index (χ0v) is 17.4. The Kier molecular flexibility index (Phi) is 5.99. The monoisotopic (exact) mass is 465 g/mol. The first-order chi connectivity index (χ1) is 14.8. The van der Waals surface area contributed by atoms with E-state index >= 15 is 0 Å². The van der Waals surface area contributed by atoms with E-state index in [0.717, 1.165) is 0 Å². The summed E-state index contributed by atoms with van der Waals surface area (Å²) in [6.07, 6.45) is -1.67. The number of piperidine rings is 1. The fourth-order valence-corrected chi connectivity index (χ4v) is 4.02. The maximum atomic E-state index is 13.1. The van der Waals surface area contributed by atoms with Crippen LogP contribution in [-0.2, 0) is 14.4 Å². The fourth-order valence-electron chi connectivity index (χ4n) is 3.69. The summed E-state index contributed by atoms with van der Waals surface area (Å²) >= 11 is 12.1. The van der Waals surface area contributed by atoms with Crippen LogP contribution >= 0.6 is 23.2 Å². The molecule has 2 aromatic carbocycles. The zero-order valence-electron chi connectivity index (χ0n) is 15.9. The average Bonchev–Trinajstić information content (AvgIpc) is 2.71. The number of nitrogens with one attached hydrogen (secondary N) is 5. The number of amides is 3. The first kappa shape index (κ1) is 21.4. The fraction of sp³-hybridized carbons (Fsp3) is 0.250. The molecule has 0 radical (unpaired) electrons. The van der Waals surface area contributed by atoms with Crippen LogP contribution in [-0.4, -0.2) is 30.2 Å². The van der Waals surface area contributed by atoms with Crippen molar-refractivity contribution in [1.29, 1.82) is 0 Å². The third-order valence-electron chi connectivity index (χ3n) is 5.13. The average molecular weight is 466 g/mol. The molecule has 0 saturated carbocycles. The highest BCUT2D eigenvalue weighted by Crippen LogP contribution is 2.30. The molecule has 2 aromatic rings. The predicted molar refractivity (Wildman–Crippen MR) is 114 cm³/mol. The topological polar surface area (TPSA) is 111 Å². The smallest absolute Gasteiger partial charge is 0.229 e. The van der Waals surface area contributed by atoms with E-state index in [9.17, 15) is 18.8 Å². The number of anilines is 2. The molecule has 2 fully saturated rings. The third-order valence-corrected chi connectivity index (χ3v) is 5.69. The van der Waals surface area contributed by atoms with E-state index < -0.39 is 36.1 Å². The quantitative estimate of drug-likeness (QED) is 0.475. The summed E-state index contributed by atoms with van der Waals surface area (Å²) in [5.74, 6) is -3.47. The number of hydrogen-bond acceptors (Lipinski definition) is 5. The molecule has 2 aliphatic heterocycles. The van der Waals surface area contributed by atoms with Crippen molar-refractivity contribution >= 4 is 52.3 Å². The van der Waals surface area contributed by atoms with Crippen molar-refractivity contribution in [1.82, 2.24) is 16.0 Å². The summed E-state index contributed by atoms with van der Waals surface area (Å²) in [6, 6.07) is 10.2. The Morgan fingerprint density at radius 1 is 1.06 bits per heavy atom. The summed E-state index contributed by atoms with van der Waals surface area (Å²) in [5, 5.41) is 14.8. The van der Waals surface area contributed by atoms with E-state index in [2.05, 4.69) is 26.6 Å². The van der Waals surface area contributed by atoms with Crippen LogP contribution in [0.4, 0.5) is 15.8 Å². The Hall–Kier alpha value is -2.88. The van der Waals surface area contributed by atoms with E-state index in [1.807, 2.05) is 0 Å². The van der Waals surface area contributed by atoms with Crippen LogP contribution in [0.5, 0.6) is 0 Å². The molecule has 0 bridgehead atoms. The molecule has 2 heterocycles. The molecule has 4 rings (SSSR count). The number of carbonyl (C=O) groups is 3. The molecular formula is C20H18Cl2FN5O3. The van der Waals surface area contributed by atoms with Gasteiger partial charge in [-0.05, 0) is 42.5 Å². The Bertz CT molecular complexity index is 1040. The lowest BCUT2D eigenvalue weighted by Gasteiger charge is -2.43. The van der Waals surface area contributed by atoms with Crippen LogP contribution in [0.3, 0.4) is 0 Å². The predicted octanol–water partition coefficient (Wildman–Crippen LogP) is 2.26. The van der Waals surface area contributed by atoms with Crippen LogP contribution in [0.1, 0.15) is 6.42 Å². The van der Waals surface area contributed by atoms with Gasteiger partial charge in [0.15, 0.2) is 6.29 Å². The molecule has 2 saturated heterocycles. The summed E-state index contributed by atoms with van der Waals surface area (Å²) in [4.78, 5) is 38.0. The second-order valence-electron chi connectivity index (χ2n) is 7.25. The van der Waals surface area contributed by atoms with Crippen LogP contribution in [0.25, 0.3) is 0 Å². The molecule has 11 heteroatoms. The van der Waals surface area contributed by atoms with Crippen molar-refractivity contribution in [3.63, 3.8) is 0 Å². The number of halogens is 3. The lowest BCUT2D eigenvalue weighted by molar-refractivity contribution is -0.144. The van der Waals surface area contributed by atoms with Gasteiger partial charge in [0, 0.05) is 17.1 Å². The Labute approximate surface area is 186 Å². The second kappa shape index (κ2) is 8.70. The van der Waals surface area contributed by atoms with E-state index in [0.29, 0.717) is 16.4 Å². The van der Waals surface area contributed by atoms with Crippen molar-refractivity contribution in [3.05, 3.63) is 58.3 Å². The first-order valence-electron chi connectivity index (χ1n) is 9.44. The van der Waals surface area contributed by atoms with Crippen molar-refractivity contribution < 1.29 is 18.8 Å². The van der Waals surface area contributed by atoms with Gasteiger partial charge in [0.05, 0.1) is 28.7 Å². The van der Waals surface area contributed by atoms with Gasteiger partial charge < -0.3 is 21.3 Å². The number of fused-ring (bicyclic) bond motifs is 1. The van der Waals surface area contributed by atoms with E-state index in [1.54, 1.807) is 6.07 Å². The minimum Gasteiger partial charge on any atom is -0.353 e. The minimum atomic E-state index is -0.923. The minimum absolute atomic E-state index is 0.156. The highest BCUT2D eigenvalue weighted by Gasteiger charge is 2.48. The number of carbonyl (C=O) groups excluding carboxylic acids is 3. The van der Waals surface area contributed by atoms with Crippen molar-refractivity contribution in [2.24, 2.45) is 11.8 Å². The van der Waals surface area contributed by atoms with Crippen LogP contribution < -0.4 is 26.6 Å². The Morgan fingerprint density at radius 3 is 2.55 bits per heavy atom. The van der Waals surface area contributed by atoms with Gasteiger partial charge in [-0.15, -0.1) is 0 Å². The number of rotatable bonds is 4. The van der Waals surface area contributed by atoms with Gasteiger partial charge >= 0.3 is 0 Å². The summed E-state index contributed by atoms with van der Waals surface area (Å²) in [5.41, 5.74) is 0.853. The lowest BCUT2D eigenvalue weighted by atomic mass is 9.81. The van der Waals surface area contributed by atoms with E-state index in [4.69, 9.17) is 23.2 Å². The maximum absolute atomic E-state index is 13.1. The third kappa shape index (κ3) is 4.73. The van der Waals surface area contributed by atoms with Gasteiger partial charge in [-0.2, -0.15) is 0 Å². The summed E-state index contributed by atoms with van der Waals surface area (Å²) in [6.45, 7) is 0. The van der Waals surface area contributed by atoms with Crippen LogP contribution in [0, 0.1) is 17.7 Å². The summed E-state index contributed by atoms with van der Waals surface area (Å²) in [7, 11) is 0. The summed E-state index contributed by atoms with van der Waals surface area (Å²) < 4.78 is 13.1. The van der Waals surface area contributed by atoms with Crippen molar-refractivity contribution in [2.75, 3.05) is 10.6 Å². The normalized spacial score (nSPS) is 25.1. The van der Waals surface area contributed by atoms with Gasteiger partial charge in [0.2, 0.25) is 17.7 Å². The Morgan fingerprint density at radius 2 is 1.81 bits per heavy atom. The molecule has 162 valence electrons. The second-order valence-corrected chi connectivity index (χ2v) is 8.10. The molecule has 0 spiro atoms. The largest absolute Gasteiger partial charge is 0.353 e. The molecule has 0 aliphatic carbocycles. The van der Waals surface area contributed by atoms with Gasteiger partial charge in [0.25, 0.3) is 0 Å². The van der Waals surface area contributed by atoms with Crippen LogP contribution in [0.2, 0.25) is 10.0 Å². The van der Waals surface area contributed by atoms with Crippen molar-refractivity contribution in [2.45, 2.75) is 18.9 Å². The van der Waals surface area contributed by atoms with E-state index in [1.165, 1.54) is 36.4 Å². The first-order valence-corrected chi connectivity index (χ1v) is 10.2. The molecule has 2 aliphatic rings. The van der Waals surface area contributed by atoms with Gasteiger partial charge in [0.1, 0.15) is 5.82 Å². The Balaban J connectivity index is 1.49. The van der Waals surface area contributed by atoms with Gasteiger partial charge in [-0.3, -0.25) is 19.7 Å². The van der Waals surface area contributed by atoms with E-state index in [-0.39, 0.29) is 23.2 Å². The highest BCUT2D eigenvalue weighted by molar-refractivity contribution is 6.35. The standard InChI is InChI=1S/C20H18Cl2FN5O3/c21-9-1-6-13(22)14(7-9)25-18(30)12-8-15(29)26-17-16(12)19(31)28-20(27-17)24-11-4-2-10(23)3-5-11/h1-7,12,16-17,20,24,27H,8H2,(H,25,30)(H,26,29)(H,28,31). The highest BCUT2D eigenvalue weighted by atomic mass is 35.5. The zero-order chi connectivity index (χ0) is 22.1. The van der Waals surface area contributed by atoms with Crippen molar-refractivity contribution in [3.8, 4) is 0 Å². The lowest BCUT2D eigenvalue weighted by Crippen LogP contribution is -2.72. The maximum Gasteiger partial charge on any atom is 0.229 e. The molecule has 31 heavy (non-hydrogen) atoms. The molecule has 3 amide bonds. The molecule has 0 aromatic heterocycles. The van der Waals surface area contributed by atoms with Crippen LogP contribution in [0.15, 0.2) is 42.5 Å². The molecular weight excluding hydrogens is 448 g/mol. The van der Waals surface area contributed by atoms with Gasteiger partial charge in [-0.25, -0.2) is 4.39 Å². The number of benzene rings is 2. The number of hydrogen-bond donors (Lipinski definition) is 5. The van der Waals surface area contributed by atoms with Gasteiger partial charge in [-0.1, -0.05) is 23.2 Å². The SMILES string of the molecule is O=C1CC(C(=O)Nc2cc(Cl)ccc2Cl)C2C(=O)NC(Nc3ccc(F)cc3)NC2N1. The molecule has 5 N–H and O–H groups in total. The molecule has 4 atom stereocenters.